The monoisotopic (exact) mass is 494 g/mol. The maximum atomic E-state index is 13.3. The highest BCUT2D eigenvalue weighted by Crippen LogP contribution is 2.67. The van der Waals surface area contributed by atoms with Crippen molar-refractivity contribution in [1.82, 2.24) is 10.8 Å². The smallest absolute Gasteiger partial charge is 0.417 e. The van der Waals surface area contributed by atoms with Crippen LogP contribution in [0.3, 0.4) is 0 Å². The van der Waals surface area contributed by atoms with Crippen molar-refractivity contribution in [2.24, 2.45) is 34.0 Å². The van der Waals surface area contributed by atoms with Gasteiger partial charge < -0.3 is 14.6 Å². The second kappa shape index (κ2) is 9.89. The molecule has 3 aliphatic carbocycles. The van der Waals surface area contributed by atoms with E-state index in [4.69, 9.17) is 9.47 Å². The van der Waals surface area contributed by atoms with Crippen LogP contribution in [0, 0.1) is 34.0 Å². The maximum absolute atomic E-state index is 13.3. The molecule has 196 valence electrons. The van der Waals surface area contributed by atoms with Gasteiger partial charge in [0.15, 0.2) is 6.61 Å². The van der Waals surface area contributed by atoms with Crippen molar-refractivity contribution in [3.8, 4) is 0 Å². The van der Waals surface area contributed by atoms with Gasteiger partial charge in [-0.25, -0.2) is 20.4 Å². The van der Waals surface area contributed by atoms with Crippen molar-refractivity contribution >= 4 is 23.9 Å². The molecule has 0 aromatic rings. The van der Waals surface area contributed by atoms with Crippen molar-refractivity contribution in [2.75, 3.05) is 13.7 Å². The first kappa shape index (κ1) is 27.1. The summed E-state index contributed by atoms with van der Waals surface area (Å²) in [6, 6.07) is 0. The van der Waals surface area contributed by atoms with Crippen LogP contribution in [0.15, 0.2) is 12.7 Å². The van der Waals surface area contributed by atoms with Gasteiger partial charge in [-0.05, 0) is 42.9 Å². The van der Waals surface area contributed by atoms with E-state index in [1.165, 1.54) is 7.11 Å². The van der Waals surface area contributed by atoms with Gasteiger partial charge in [-0.2, -0.15) is 0 Å². The summed E-state index contributed by atoms with van der Waals surface area (Å²) in [5, 5.41) is 13.5. The fraction of sp³-hybridized carbons (Fsp3) is 0.760. The van der Waals surface area contributed by atoms with Gasteiger partial charge in [-0.15, -0.1) is 6.58 Å². The molecular weight excluding hydrogens is 456 g/mol. The number of nitrogens with one attached hydrogen (secondary N) is 2. The van der Waals surface area contributed by atoms with E-state index >= 15 is 0 Å². The predicted molar refractivity (Wildman–Crippen MR) is 125 cm³/mol. The van der Waals surface area contributed by atoms with E-state index < -0.39 is 53.2 Å². The van der Waals surface area contributed by atoms with Crippen molar-refractivity contribution < 1.29 is 38.6 Å². The average molecular weight is 495 g/mol. The van der Waals surface area contributed by atoms with Gasteiger partial charge in [-0.3, -0.25) is 14.4 Å². The average Bonchev–Trinajstić information content (AvgIpc) is 3.16. The Morgan fingerprint density at radius 3 is 2.51 bits per heavy atom. The van der Waals surface area contributed by atoms with Crippen molar-refractivity contribution in [3.63, 3.8) is 0 Å². The number of carbonyl (C=O) groups is 4. The van der Waals surface area contributed by atoms with Crippen molar-refractivity contribution in [3.05, 3.63) is 12.7 Å². The Kier molecular flexibility index (Phi) is 7.67. The number of aliphatic hydroxyl groups is 1. The molecule has 0 spiro atoms. The number of amides is 3. The van der Waals surface area contributed by atoms with Gasteiger partial charge in [0.25, 0.3) is 5.91 Å². The van der Waals surface area contributed by atoms with Crippen molar-refractivity contribution in [1.29, 1.82) is 0 Å². The highest BCUT2D eigenvalue weighted by Gasteiger charge is 2.68. The zero-order valence-electron chi connectivity index (χ0n) is 21.2. The summed E-state index contributed by atoms with van der Waals surface area (Å²) in [4.78, 5) is 54.0. The zero-order valence-corrected chi connectivity index (χ0v) is 21.2. The second-order valence-corrected chi connectivity index (χ2v) is 10.9. The molecule has 3 amide bonds. The van der Waals surface area contributed by atoms with Crippen LogP contribution >= 0.6 is 0 Å². The van der Waals surface area contributed by atoms with Gasteiger partial charge in [0.05, 0.1) is 13.2 Å². The van der Waals surface area contributed by atoms with Crippen LogP contribution in [0.1, 0.15) is 59.8 Å². The summed E-state index contributed by atoms with van der Waals surface area (Å²) in [6.45, 7) is 11.3. The first-order valence-corrected chi connectivity index (χ1v) is 12.2. The Bertz CT molecular complexity index is 893. The van der Waals surface area contributed by atoms with Crippen LogP contribution in [0.5, 0.6) is 0 Å². The summed E-state index contributed by atoms with van der Waals surface area (Å²) < 4.78 is 10.6. The Morgan fingerprint density at radius 2 is 1.89 bits per heavy atom. The van der Waals surface area contributed by atoms with Gasteiger partial charge in [-0.1, -0.05) is 33.8 Å². The minimum Gasteiger partial charge on any atom is -0.445 e. The quantitative estimate of drug-likeness (QED) is 0.391. The number of hydrogen-bond donors (Lipinski definition) is 3. The number of alkyl carbamates (subject to hydrolysis) is 2. The van der Waals surface area contributed by atoms with Crippen LogP contribution in [-0.4, -0.2) is 54.9 Å². The fourth-order valence-electron chi connectivity index (χ4n) is 7.05. The fourth-order valence-corrected chi connectivity index (χ4v) is 7.05. The van der Waals surface area contributed by atoms with Crippen LogP contribution < -0.4 is 10.8 Å². The maximum Gasteiger partial charge on any atom is 0.417 e. The molecule has 10 heteroatoms. The Labute approximate surface area is 206 Å². The number of ether oxygens (including phenoxy) is 2. The van der Waals surface area contributed by atoms with E-state index in [9.17, 15) is 24.3 Å². The highest BCUT2D eigenvalue weighted by molar-refractivity contribution is 5.89. The van der Waals surface area contributed by atoms with E-state index in [0.717, 1.165) is 12.8 Å². The molecule has 2 bridgehead atoms. The van der Waals surface area contributed by atoms with Crippen molar-refractivity contribution in [2.45, 2.75) is 72.0 Å². The molecule has 3 rings (SSSR count). The van der Waals surface area contributed by atoms with Gasteiger partial charge in [0.1, 0.15) is 11.9 Å². The molecule has 3 aliphatic rings. The normalized spacial score (nSPS) is 40.5. The summed E-state index contributed by atoms with van der Waals surface area (Å²) >= 11 is 0. The number of aliphatic hydroxyl groups excluding tert-OH is 1. The summed E-state index contributed by atoms with van der Waals surface area (Å²) in [5.41, 5.74) is 0.104. The molecular formula is C25H38N2O8. The van der Waals surface area contributed by atoms with Gasteiger partial charge in [0, 0.05) is 23.2 Å². The molecule has 1 unspecified atom stereocenters. The van der Waals surface area contributed by atoms with Gasteiger partial charge >= 0.3 is 12.2 Å². The minimum absolute atomic E-state index is 0.0571. The van der Waals surface area contributed by atoms with E-state index in [1.807, 2.05) is 31.6 Å². The number of hydroxylamine groups is 1. The second-order valence-electron chi connectivity index (χ2n) is 10.9. The molecule has 8 atom stereocenters. The Hall–Kier alpha value is -2.46. The molecule has 0 aromatic carbocycles. The molecule has 0 radical (unpaired) electrons. The van der Waals surface area contributed by atoms with Crippen LogP contribution in [-0.2, 0) is 23.9 Å². The number of hydrogen-bond acceptors (Lipinski definition) is 8. The van der Waals surface area contributed by atoms with E-state index in [-0.39, 0.29) is 30.0 Å². The lowest BCUT2D eigenvalue weighted by atomic mass is 9.44. The lowest BCUT2D eigenvalue weighted by Crippen LogP contribution is -2.63. The largest absolute Gasteiger partial charge is 0.445 e. The number of ketones is 1. The van der Waals surface area contributed by atoms with E-state index in [1.54, 1.807) is 6.08 Å². The van der Waals surface area contributed by atoms with Crippen LogP contribution in [0.2, 0.25) is 0 Å². The van der Waals surface area contributed by atoms with Crippen LogP contribution in [0.4, 0.5) is 9.59 Å². The standard InChI is InChI=1S/C25H38N2O8/c1-7-23(4)12-17(35-22(32)26-21(31)34-13-18(29)27-33-6)24(5)14(2)8-10-25(15(3)20(23)30)11-9-16(28)19(24)25/h7,14-15,17,19-20,30H,1,8-13H2,2-6H3,(H,27,29)(H,26,31,32)/t14?,15-,17+,19-,20-,23+,24+,25-/m0/s1. The number of carbonyl (C=O) groups excluding carboxylic acids is 4. The molecule has 0 saturated heterocycles. The van der Waals surface area contributed by atoms with Crippen LogP contribution in [0.25, 0.3) is 0 Å². The molecule has 0 aromatic heterocycles. The Morgan fingerprint density at radius 1 is 1.20 bits per heavy atom. The van der Waals surface area contributed by atoms with Gasteiger partial charge in [0.2, 0.25) is 0 Å². The summed E-state index contributed by atoms with van der Waals surface area (Å²) in [5.74, 6) is -1.03. The number of rotatable bonds is 5. The molecule has 3 N–H and O–H groups in total. The third-order valence-electron chi connectivity index (χ3n) is 9.31. The molecule has 35 heavy (non-hydrogen) atoms. The Balaban J connectivity index is 1.91. The third kappa shape index (κ3) is 4.58. The summed E-state index contributed by atoms with van der Waals surface area (Å²) in [7, 11) is 1.23. The SMILES string of the molecule is C=C[C@]1(C)C[C@@H](OC(=O)NC(=O)OCC(=O)NOC)[C@@]2(C)C(C)CC[C@]3(CCC(=O)[C@H]32)[C@@H](C)[C@@H]1O. The topological polar surface area (TPSA) is 140 Å². The molecule has 10 nitrogen and oxygen atoms in total. The predicted octanol–water partition coefficient (Wildman–Crippen LogP) is 2.89. The van der Waals surface area contributed by atoms with E-state index in [0.29, 0.717) is 12.8 Å². The zero-order chi connectivity index (χ0) is 26.2. The van der Waals surface area contributed by atoms with E-state index in [2.05, 4.69) is 18.3 Å². The molecule has 0 heterocycles. The lowest BCUT2D eigenvalue weighted by molar-refractivity contribution is -0.191. The molecule has 3 fully saturated rings. The highest BCUT2D eigenvalue weighted by atomic mass is 16.6. The summed E-state index contributed by atoms with van der Waals surface area (Å²) in [6.07, 6.45) is 0.953. The molecule has 0 aliphatic heterocycles. The first-order chi connectivity index (χ1) is 16.4. The number of imide groups is 1. The first-order valence-electron chi connectivity index (χ1n) is 12.2. The lowest BCUT2D eigenvalue weighted by Gasteiger charge is -2.61. The minimum atomic E-state index is -1.15. The number of Topliss-reactive ketones (excluding diaryl/α,β-unsaturated/α-hetero) is 1. The molecule has 3 saturated carbocycles. The third-order valence-corrected chi connectivity index (χ3v) is 9.31.